The number of H-pyrrole nitrogens is 1. The molecule has 1 atom stereocenters. The first-order chi connectivity index (χ1) is 17.0. The highest BCUT2D eigenvalue weighted by molar-refractivity contribution is 6.31. The van der Waals surface area contributed by atoms with Crippen molar-refractivity contribution in [1.29, 1.82) is 0 Å². The third-order valence-electron chi connectivity index (χ3n) is 5.73. The predicted octanol–water partition coefficient (Wildman–Crippen LogP) is 3.66. The van der Waals surface area contributed by atoms with Crippen LogP contribution in [0.4, 0.5) is 10.2 Å². The molecule has 1 amide bonds. The van der Waals surface area contributed by atoms with Gasteiger partial charge in [-0.25, -0.2) is 19.3 Å². The van der Waals surface area contributed by atoms with E-state index in [1.54, 1.807) is 24.3 Å². The van der Waals surface area contributed by atoms with Crippen LogP contribution < -0.4 is 10.1 Å². The quantitative estimate of drug-likeness (QED) is 0.419. The van der Waals surface area contributed by atoms with Crippen LogP contribution in [0, 0.1) is 5.82 Å². The maximum absolute atomic E-state index is 14.7. The lowest BCUT2D eigenvalue weighted by molar-refractivity contribution is -0.131. The van der Waals surface area contributed by atoms with Crippen LogP contribution in [-0.4, -0.2) is 63.7 Å². The molecule has 0 saturated carbocycles. The number of halogens is 2. The summed E-state index contributed by atoms with van der Waals surface area (Å²) in [5.41, 5.74) is 2.16. The Hall–Kier alpha value is -3.76. The Balaban J connectivity index is 1.38. The number of ether oxygens (including phenoxy) is 2. The van der Waals surface area contributed by atoms with Gasteiger partial charge in [-0.2, -0.15) is 0 Å². The predicted molar refractivity (Wildman–Crippen MR) is 129 cm³/mol. The van der Waals surface area contributed by atoms with Gasteiger partial charge in [0.25, 0.3) is 0 Å². The topological polar surface area (TPSA) is 105 Å². The molecule has 0 spiro atoms. The van der Waals surface area contributed by atoms with Gasteiger partial charge in [0.2, 0.25) is 5.91 Å². The second kappa shape index (κ2) is 9.85. The van der Waals surface area contributed by atoms with Gasteiger partial charge in [0.1, 0.15) is 17.4 Å². The van der Waals surface area contributed by atoms with E-state index < -0.39 is 11.9 Å². The number of rotatable bonds is 6. The molecule has 0 aliphatic carbocycles. The van der Waals surface area contributed by atoms with E-state index in [0.29, 0.717) is 41.3 Å². The van der Waals surface area contributed by atoms with Crippen molar-refractivity contribution in [3.63, 3.8) is 0 Å². The molecule has 4 aromatic rings. The van der Waals surface area contributed by atoms with Gasteiger partial charge < -0.3 is 24.7 Å². The third kappa shape index (κ3) is 4.89. The molecule has 35 heavy (non-hydrogen) atoms. The summed E-state index contributed by atoms with van der Waals surface area (Å²) in [7, 11) is 1.60. The molecule has 4 heterocycles. The number of aromatic amines is 1. The van der Waals surface area contributed by atoms with E-state index in [4.69, 9.17) is 21.1 Å². The van der Waals surface area contributed by atoms with Crippen LogP contribution in [0.5, 0.6) is 5.75 Å². The fourth-order valence-electron chi connectivity index (χ4n) is 3.92. The molecule has 1 aliphatic rings. The summed E-state index contributed by atoms with van der Waals surface area (Å²) < 4.78 is 25.5. The van der Waals surface area contributed by atoms with Crippen LogP contribution in [0.25, 0.3) is 22.4 Å². The summed E-state index contributed by atoms with van der Waals surface area (Å²) in [6.07, 6.45) is 4.28. The highest BCUT2D eigenvalue weighted by Crippen LogP contribution is 2.28. The normalized spacial score (nSPS) is 16.4. The average molecular weight is 497 g/mol. The molecular weight excluding hydrogens is 475 g/mol. The molecule has 180 valence electrons. The van der Waals surface area contributed by atoms with E-state index in [9.17, 15) is 9.18 Å². The lowest BCUT2D eigenvalue weighted by atomic mass is 10.2. The molecule has 11 heteroatoms. The molecule has 1 saturated heterocycles. The van der Waals surface area contributed by atoms with Crippen molar-refractivity contribution in [2.24, 2.45) is 0 Å². The van der Waals surface area contributed by atoms with Gasteiger partial charge in [-0.1, -0.05) is 23.7 Å². The van der Waals surface area contributed by atoms with Crippen LogP contribution in [-0.2, 0) is 16.1 Å². The maximum Gasteiger partial charge on any atom is 0.247 e. The Kier molecular flexibility index (Phi) is 6.47. The number of aromatic nitrogens is 4. The summed E-state index contributed by atoms with van der Waals surface area (Å²) >= 11 is 6.09. The average Bonchev–Trinajstić information content (AvgIpc) is 3.21. The molecule has 2 N–H and O–H groups in total. The SMILES string of the molecule is COc1ccc(CN2CCOC[C@H](Nc3nc(-c4c[nH]c5ncc(Cl)cc45)ncc3F)C2=O)cc1. The van der Waals surface area contributed by atoms with E-state index in [1.807, 2.05) is 24.3 Å². The zero-order valence-electron chi connectivity index (χ0n) is 18.8. The summed E-state index contributed by atoms with van der Waals surface area (Å²) in [6, 6.07) is 8.41. The monoisotopic (exact) mass is 496 g/mol. The molecule has 1 fully saturated rings. The van der Waals surface area contributed by atoms with Crippen molar-refractivity contribution in [2.75, 3.05) is 32.2 Å². The van der Waals surface area contributed by atoms with Crippen LogP contribution in [0.15, 0.2) is 48.9 Å². The van der Waals surface area contributed by atoms with Gasteiger partial charge in [-0.3, -0.25) is 4.79 Å². The molecule has 0 unspecified atom stereocenters. The number of benzene rings is 1. The van der Waals surface area contributed by atoms with Gasteiger partial charge >= 0.3 is 0 Å². The Morgan fingerprint density at radius 3 is 2.91 bits per heavy atom. The molecular formula is C24H22ClFN6O3. The minimum atomic E-state index is -0.813. The second-order valence-corrected chi connectivity index (χ2v) is 8.46. The summed E-state index contributed by atoms with van der Waals surface area (Å²) in [6.45, 7) is 1.28. The van der Waals surface area contributed by atoms with Crippen LogP contribution >= 0.6 is 11.6 Å². The highest BCUT2D eigenvalue weighted by atomic mass is 35.5. The summed E-state index contributed by atoms with van der Waals surface area (Å²) in [5.74, 6) is 0.0282. The lowest BCUT2D eigenvalue weighted by Gasteiger charge is -2.24. The number of carbonyl (C=O) groups is 1. The minimum Gasteiger partial charge on any atom is -0.497 e. The molecule has 3 aromatic heterocycles. The van der Waals surface area contributed by atoms with E-state index in [0.717, 1.165) is 17.5 Å². The van der Waals surface area contributed by atoms with Crippen molar-refractivity contribution >= 4 is 34.4 Å². The lowest BCUT2D eigenvalue weighted by Crippen LogP contribution is -2.43. The number of hydrogen-bond acceptors (Lipinski definition) is 7. The smallest absolute Gasteiger partial charge is 0.247 e. The van der Waals surface area contributed by atoms with Crippen molar-refractivity contribution in [2.45, 2.75) is 12.6 Å². The van der Waals surface area contributed by atoms with Crippen molar-refractivity contribution in [3.05, 3.63) is 65.3 Å². The summed E-state index contributed by atoms with van der Waals surface area (Å²) in [5, 5.41) is 4.08. The van der Waals surface area contributed by atoms with E-state index in [2.05, 4.69) is 25.3 Å². The number of nitrogens with one attached hydrogen (secondary N) is 2. The number of fused-ring (bicyclic) bond motifs is 1. The first-order valence-corrected chi connectivity index (χ1v) is 11.3. The molecule has 1 aliphatic heterocycles. The first kappa shape index (κ1) is 23.0. The van der Waals surface area contributed by atoms with Gasteiger partial charge in [-0.15, -0.1) is 0 Å². The van der Waals surface area contributed by atoms with Crippen molar-refractivity contribution < 1.29 is 18.7 Å². The van der Waals surface area contributed by atoms with Crippen LogP contribution in [0.3, 0.4) is 0 Å². The first-order valence-electron chi connectivity index (χ1n) is 10.9. The number of amides is 1. The molecule has 1 aromatic carbocycles. The molecule has 0 bridgehead atoms. The number of pyridine rings is 1. The Morgan fingerprint density at radius 2 is 2.11 bits per heavy atom. The largest absolute Gasteiger partial charge is 0.497 e. The second-order valence-electron chi connectivity index (χ2n) is 8.02. The number of hydrogen-bond donors (Lipinski definition) is 2. The van der Waals surface area contributed by atoms with Gasteiger partial charge in [0, 0.05) is 36.4 Å². The fourth-order valence-corrected chi connectivity index (χ4v) is 4.07. The molecule has 0 radical (unpaired) electrons. The molecule has 5 rings (SSSR count). The number of nitrogens with zero attached hydrogens (tertiary/aromatic N) is 4. The Bertz CT molecular complexity index is 1360. The van der Waals surface area contributed by atoms with Crippen LogP contribution in [0.1, 0.15) is 5.56 Å². The van der Waals surface area contributed by atoms with E-state index in [-0.39, 0.29) is 24.2 Å². The van der Waals surface area contributed by atoms with E-state index in [1.165, 1.54) is 6.20 Å². The standard InChI is InChI=1S/C24H22ClFN6O3/c1-34-16-4-2-14(3-5-16)12-32-6-7-35-13-20(24(32)33)30-23-19(26)11-29-22(31-23)18-10-28-21-17(18)8-15(25)9-27-21/h2-5,8-11,20H,6-7,12-13H2,1H3,(H,27,28)(H,29,30,31)/t20-/m0/s1. The van der Waals surface area contributed by atoms with E-state index >= 15 is 0 Å². The Morgan fingerprint density at radius 1 is 1.29 bits per heavy atom. The minimum absolute atomic E-state index is 0.0866. The van der Waals surface area contributed by atoms with Gasteiger partial charge in [0.15, 0.2) is 17.5 Å². The Labute approximate surface area is 205 Å². The van der Waals surface area contributed by atoms with Crippen molar-refractivity contribution in [1.82, 2.24) is 24.8 Å². The van der Waals surface area contributed by atoms with Crippen molar-refractivity contribution in [3.8, 4) is 17.1 Å². The zero-order valence-corrected chi connectivity index (χ0v) is 19.6. The maximum atomic E-state index is 14.7. The third-order valence-corrected chi connectivity index (χ3v) is 5.93. The summed E-state index contributed by atoms with van der Waals surface area (Å²) in [4.78, 5) is 30.7. The van der Waals surface area contributed by atoms with Gasteiger partial charge in [-0.05, 0) is 23.8 Å². The number of methoxy groups -OCH3 is 1. The fraction of sp³-hybridized carbons (Fsp3) is 0.250. The highest BCUT2D eigenvalue weighted by Gasteiger charge is 2.29. The van der Waals surface area contributed by atoms with Gasteiger partial charge in [0.05, 0.1) is 31.5 Å². The number of carbonyl (C=O) groups excluding carboxylic acids is 1. The number of anilines is 1. The van der Waals surface area contributed by atoms with Crippen LogP contribution in [0.2, 0.25) is 5.02 Å². The zero-order chi connectivity index (χ0) is 24.4. The molecule has 9 nitrogen and oxygen atoms in total.